The summed E-state index contributed by atoms with van der Waals surface area (Å²) in [5.41, 5.74) is 7.35. The van der Waals surface area contributed by atoms with Gasteiger partial charge in [-0.15, -0.1) is 24.8 Å². The Morgan fingerprint density at radius 3 is 2.40 bits per heavy atom. The maximum Gasteiger partial charge on any atom is 0.259 e. The third-order valence-corrected chi connectivity index (χ3v) is 12.4. The molecular formula is C37H47Cl2N5O7S. The minimum absolute atomic E-state index is 0. The van der Waals surface area contributed by atoms with Crippen molar-refractivity contribution < 1.29 is 32.3 Å². The number of amides is 3. The van der Waals surface area contributed by atoms with Gasteiger partial charge in [-0.2, -0.15) is 0 Å². The van der Waals surface area contributed by atoms with Crippen LogP contribution in [-0.4, -0.2) is 78.7 Å². The van der Waals surface area contributed by atoms with Crippen molar-refractivity contribution in [3.05, 3.63) is 54.6 Å². The van der Waals surface area contributed by atoms with Gasteiger partial charge in [0.05, 0.1) is 36.2 Å². The number of carbonyl (C=O) groups is 3. The first-order chi connectivity index (χ1) is 24.1. The van der Waals surface area contributed by atoms with Gasteiger partial charge in [-0.25, -0.2) is 13.4 Å². The van der Waals surface area contributed by atoms with Gasteiger partial charge in [-0.3, -0.25) is 19.1 Å². The van der Waals surface area contributed by atoms with E-state index in [1.807, 2.05) is 54.6 Å². The fourth-order valence-corrected chi connectivity index (χ4v) is 8.85. The number of halogens is 2. The van der Waals surface area contributed by atoms with E-state index >= 15 is 0 Å². The van der Waals surface area contributed by atoms with Gasteiger partial charge in [0.25, 0.3) is 5.91 Å². The van der Waals surface area contributed by atoms with Gasteiger partial charge in [0.1, 0.15) is 29.2 Å². The smallest absolute Gasteiger partial charge is 0.259 e. The summed E-state index contributed by atoms with van der Waals surface area (Å²) >= 11 is 0. The number of aromatic nitrogens is 1. The molecule has 12 nitrogen and oxygen atoms in total. The number of hydrogen-bond donors (Lipinski definition) is 3. The van der Waals surface area contributed by atoms with Crippen LogP contribution in [0.25, 0.3) is 22.2 Å². The summed E-state index contributed by atoms with van der Waals surface area (Å²) in [5.74, 6) is -0.554. The van der Waals surface area contributed by atoms with Crippen LogP contribution in [0.4, 0.5) is 0 Å². The molecule has 52 heavy (non-hydrogen) atoms. The molecule has 2 aromatic carbocycles. The van der Waals surface area contributed by atoms with E-state index < -0.39 is 50.8 Å². The Balaban J connectivity index is 0.00000261. The number of rotatable bonds is 7. The molecule has 2 saturated heterocycles. The van der Waals surface area contributed by atoms with Gasteiger partial charge < -0.3 is 25.4 Å². The highest BCUT2D eigenvalue weighted by Gasteiger charge is 2.62. The molecule has 2 aliphatic heterocycles. The van der Waals surface area contributed by atoms with Crippen molar-refractivity contribution >= 4 is 63.5 Å². The number of ether oxygens (including phenoxy) is 2. The molecule has 4 aliphatic rings. The molecule has 3 amide bonds. The van der Waals surface area contributed by atoms with E-state index in [4.69, 9.17) is 20.2 Å². The zero-order valence-corrected chi connectivity index (χ0v) is 31.6. The van der Waals surface area contributed by atoms with Crippen molar-refractivity contribution in [1.29, 1.82) is 0 Å². The normalized spacial score (nSPS) is 26.6. The molecule has 0 radical (unpaired) electrons. The van der Waals surface area contributed by atoms with Crippen molar-refractivity contribution in [3.63, 3.8) is 0 Å². The first-order valence-corrected chi connectivity index (χ1v) is 19.3. The minimum Gasteiger partial charge on any atom is -0.497 e. The second-order valence-electron chi connectivity index (χ2n) is 14.2. The van der Waals surface area contributed by atoms with Crippen LogP contribution in [0.3, 0.4) is 0 Å². The molecular weight excluding hydrogens is 729 g/mol. The molecule has 282 valence electrons. The first-order valence-electron chi connectivity index (χ1n) is 17.7. The molecule has 0 bridgehead atoms. The fourth-order valence-electron chi connectivity index (χ4n) is 7.49. The molecule has 2 aliphatic carbocycles. The average molecular weight is 777 g/mol. The van der Waals surface area contributed by atoms with Gasteiger partial charge in [-0.05, 0) is 50.2 Å². The number of carbonyl (C=O) groups excluding carboxylic acids is 3. The molecule has 5 atom stereocenters. The Morgan fingerprint density at radius 2 is 1.69 bits per heavy atom. The predicted octanol–water partition coefficient (Wildman–Crippen LogP) is 4.66. The summed E-state index contributed by atoms with van der Waals surface area (Å²) in [7, 11) is -2.23. The fraction of sp³-hybridized carbons (Fsp3) is 0.514. The number of nitrogens with zero attached hydrogens (tertiary/aromatic N) is 2. The quantitative estimate of drug-likeness (QED) is 0.309. The van der Waals surface area contributed by atoms with Crippen LogP contribution < -0.4 is 25.2 Å². The third kappa shape index (κ3) is 8.27. The largest absolute Gasteiger partial charge is 0.497 e. The lowest BCUT2D eigenvalue weighted by Gasteiger charge is -2.28. The molecule has 1 aromatic heterocycles. The lowest BCUT2D eigenvalue weighted by molar-refractivity contribution is -0.140. The molecule has 2 saturated carbocycles. The summed E-state index contributed by atoms with van der Waals surface area (Å²) in [6.45, 7) is 0.115. The number of nitrogens with two attached hydrogens (primary N) is 1. The van der Waals surface area contributed by atoms with E-state index in [1.165, 1.54) is 4.90 Å². The summed E-state index contributed by atoms with van der Waals surface area (Å²) in [5, 5.41) is 3.12. The van der Waals surface area contributed by atoms with E-state index in [0.29, 0.717) is 54.8 Å². The molecule has 4 fully saturated rings. The maximum absolute atomic E-state index is 14.2. The molecule has 0 unspecified atom stereocenters. The van der Waals surface area contributed by atoms with Crippen LogP contribution in [-0.2, 0) is 24.4 Å². The van der Waals surface area contributed by atoms with Crippen LogP contribution >= 0.6 is 24.8 Å². The van der Waals surface area contributed by atoms with E-state index in [0.717, 1.165) is 43.1 Å². The van der Waals surface area contributed by atoms with Crippen LogP contribution in [0, 0.1) is 5.92 Å². The summed E-state index contributed by atoms with van der Waals surface area (Å²) in [4.78, 5) is 48.1. The second kappa shape index (κ2) is 16.2. The van der Waals surface area contributed by atoms with Crippen LogP contribution in [0.1, 0.15) is 70.6 Å². The Labute approximate surface area is 316 Å². The van der Waals surface area contributed by atoms with Crippen molar-refractivity contribution in [2.75, 3.05) is 13.7 Å². The summed E-state index contributed by atoms with van der Waals surface area (Å²) < 4.78 is 39.9. The van der Waals surface area contributed by atoms with Crippen LogP contribution in [0.15, 0.2) is 54.6 Å². The monoisotopic (exact) mass is 775 g/mol. The average Bonchev–Trinajstić information content (AvgIpc) is 4.04. The highest BCUT2D eigenvalue weighted by molar-refractivity contribution is 7.91. The van der Waals surface area contributed by atoms with Gasteiger partial charge in [-0.1, -0.05) is 62.4 Å². The van der Waals surface area contributed by atoms with Gasteiger partial charge >= 0.3 is 0 Å². The van der Waals surface area contributed by atoms with Gasteiger partial charge in [0, 0.05) is 29.5 Å². The maximum atomic E-state index is 14.2. The molecule has 4 N–H and O–H groups in total. The number of fused-ring (bicyclic) bond motifs is 3. The number of hydrogen-bond acceptors (Lipinski definition) is 9. The SMILES string of the molecule is COc1ccc2c(O[C@@H]3C[C@H]4C(=O)N[C@]5(C(=O)NS(=O)(=O)C6CC6)C[C@H]5CCCCCCC[C@H](N)C(=O)N4C3)cc(-c3ccccc3)nc2c1.Cl.Cl. The van der Waals surface area contributed by atoms with Crippen LogP contribution in [0.2, 0.25) is 0 Å². The molecule has 3 aromatic rings. The summed E-state index contributed by atoms with van der Waals surface area (Å²) in [6, 6.07) is 15.4. The van der Waals surface area contributed by atoms with Gasteiger partial charge in [0.2, 0.25) is 21.8 Å². The highest BCUT2D eigenvalue weighted by Crippen LogP contribution is 2.48. The Hall–Kier alpha value is -3.65. The van der Waals surface area contributed by atoms with E-state index in [2.05, 4.69) is 10.0 Å². The van der Waals surface area contributed by atoms with Crippen molar-refractivity contribution in [3.8, 4) is 22.8 Å². The van der Waals surface area contributed by atoms with Gasteiger partial charge in [0.15, 0.2) is 0 Å². The van der Waals surface area contributed by atoms with E-state index in [1.54, 1.807) is 7.11 Å². The Morgan fingerprint density at radius 1 is 0.981 bits per heavy atom. The number of benzene rings is 2. The lowest BCUT2D eigenvalue weighted by atomic mass is 10.0. The number of nitrogens with one attached hydrogen (secondary N) is 2. The lowest BCUT2D eigenvalue weighted by Crippen LogP contribution is -2.57. The topological polar surface area (TPSA) is 170 Å². The van der Waals surface area contributed by atoms with Crippen molar-refractivity contribution in [2.24, 2.45) is 11.7 Å². The minimum atomic E-state index is -3.82. The van der Waals surface area contributed by atoms with E-state index in [9.17, 15) is 22.8 Å². The third-order valence-electron chi connectivity index (χ3n) is 10.6. The first kappa shape index (κ1) is 39.6. The zero-order chi connectivity index (χ0) is 35.0. The van der Waals surface area contributed by atoms with Crippen LogP contribution in [0.5, 0.6) is 11.5 Å². The number of pyridine rings is 1. The van der Waals surface area contributed by atoms with Crippen molar-refractivity contribution in [1.82, 2.24) is 19.9 Å². The Kier molecular flexibility index (Phi) is 12.3. The van der Waals surface area contributed by atoms with Crippen molar-refractivity contribution in [2.45, 2.75) is 99.6 Å². The van der Waals surface area contributed by atoms with E-state index in [-0.39, 0.29) is 49.6 Å². The predicted molar refractivity (Wildman–Crippen MR) is 202 cm³/mol. The number of methoxy groups -OCH3 is 1. The summed E-state index contributed by atoms with van der Waals surface area (Å²) in [6.07, 6.45) is 6.64. The Bertz CT molecular complexity index is 1900. The standard InChI is InChI=1S/C37H45N5O7S.2ClH/c1-48-25-14-17-28-31(18-25)39-30(23-10-6-5-7-11-23)20-33(28)49-26-19-32-34(43)40-37(36(45)41-50(46,47)27-15-16-27)21-24(37)12-8-3-2-4-9-13-29(38)35(44)42(32)22-26;;/h5-7,10-11,14,17-18,20,24,26-27,29,32H,2-4,8-9,12-13,15-16,19,21-22,38H2,1H3,(H,40,43)(H,41,45);2*1H/t24-,26-,29+,32+,37-;;/m1../s1. The molecule has 3 heterocycles. The second-order valence-corrected chi connectivity index (χ2v) is 16.2. The zero-order valence-electron chi connectivity index (χ0n) is 29.1. The molecule has 7 rings (SSSR count). The molecule has 15 heteroatoms. The molecule has 0 spiro atoms. The highest BCUT2D eigenvalue weighted by atomic mass is 35.5. The number of sulfonamides is 1.